The van der Waals surface area contributed by atoms with Crippen LogP contribution in [-0.4, -0.2) is 40.0 Å². The van der Waals surface area contributed by atoms with Gasteiger partial charge in [-0.1, -0.05) is 23.7 Å². The van der Waals surface area contributed by atoms with Gasteiger partial charge in [-0.05, 0) is 31.5 Å². The van der Waals surface area contributed by atoms with E-state index in [1.54, 1.807) is 13.8 Å². The summed E-state index contributed by atoms with van der Waals surface area (Å²) in [5, 5.41) is 3.15. The second kappa shape index (κ2) is 9.42. The largest absolute Gasteiger partial charge is 0.501 e. The molecule has 0 unspecified atom stereocenters. The Morgan fingerprint density at radius 3 is 2.16 bits per heavy atom. The van der Waals surface area contributed by atoms with E-state index in [1.165, 1.54) is 24.3 Å². The number of rotatable bonds is 9. The van der Waals surface area contributed by atoms with E-state index in [0.29, 0.717) is 18.2 Å². The number of hydrogen-bond acceptors (Lipinski definition) is 5. The van der Waals surface area contributed by atoms with Crippen molar-refractivity contribution >= 4 is 27.1 Å². The van der Waals surface area contributed by atoms with Crippen LogP contribution < -0.4 is 5.32 Å². The Morgan fingerprint density at radius 1 is 1.20 bits per heavy atom. The number of nitrogens with one attached hydrogen (secondary N) is 1. The van der Waals surface area contributed by atoms with Gasteiger partial charge in [-0.3, -0.25) is 0 Å². The quantitative estimate of drug-likeness (QED) is 0.641. The smallest absolute Gasteiger partial charge is 0.379 e. The number of halogens is 4. The molecule has 1 rings (SSSR count). The van der Waals surface area contributed by atoms with Crippen molar-refractivity contribution in [1.82, 2.24) is 5.32 Å². The fraction of sp³-hybridized carbons (Fsp3) is 0.467. The first-order valence-corrected chi connectivity index (χ1v) is 9.29. The molecule has 142 valence electrons. The minimum Gasteiger partial charge on any atom is -0.379 e. The van der Waals surface area contributed by atoms with Gasteiger partial charge in [0.25, 0.3) is 9.84 Å². The Labute approximate surface area is 149 Å². The zero-order valence-electron chi connectivity index (χ0n) is 13.6. The number of alkyl halides is 3. The molecule has 0 atom stereocenters. The van der Waals surface area contributed by atoms with Gasteiger partial charge in [0.05, 0.1) is 17.6 Å². The molecule has 5 nitrogen and oxygen atoms in total. The molecule has 0 bridgehead atoms. The highest BCUT2D eigenvalue weighted by atomic mass is 35.5. The zero-order chi connectivity index (χ0) is 19.1. The maximum Gasteiger partial charge on any atom is 0.501 e. The Bertz CT molecular complexity index is 669. The van der Waals surface area contributed by atoms with E-state index < -0.39 is 21.6 Å². The minimum absolute atomic E-state index is 0.0382. The Balaban J connectivity index is 3.14. The Hall–Kier alpha value is -1.29. The summed E-state index contributed by atoms with van der Waals surface area (Å²) in [7, 11) is -5.47. The van der Waals surface area contributed by atoms with Crippen LogP contribution in [0, 0.1) is 0 Å². The molecule has 1 N–H and O–H groups in total. The van der Waals surface area contributed by atoms with Crippen molar-refractivity contribution in [1.29, 1.82) is 0 Å². The van der Waals surface area contributed by atoms with E-state index in [4.69, 9.17) is 21.1 Å². The van der Waals surface area contributed by atoms with Gasteiger partial charge in [-0.2, -0.15) is 13.2 Å². The molecule has 0 spiro atoms. The Morgan fingerprint density at radius 2 is 1.72 bits per heavy atom. The van der Waals surface area contributed by atoms with Crippen LogP contribution in [0.25, 0.3) is 5.70 Å². The van der Waals surface area contributed by atoms with Crippen LogP contribution in [0.3, 0.4) is 0 Å². The molecular weight excluding hydrogens is 383 g/mol. The van der Waals surface area contributed by atoms with Gasteiger partial charge in [0.15, 0.2) is 6.29 Å². The molecule has 0 saturated heterocycles. The second-order valence-corrected chi connectivity index (χ2v) is 6.98. The van der Waals surface area contributed by atoms with Crippen LogP contribution in [0.5, 0.6) is 0 Å². The van der Waals surface area contributed by atoms with Crippen molar-refractivity contribution in [2.75, 3.05) is 19.8 Å². The number of benzene rings is 1. The van der Waals surface area contributed by atoms with Crippen molar-refractivity contribution in [3.05, 3.63) is 40.3 Å². The fourth-order valence-corrected chi connectivity index (χ4v) is 2.58. The number of hydrogen-bond donors (Lipinski definition) is 1. The van der Waals surface area contributed by atoms with Crippen LogP contribution in [0.2, 0.25) is 5.02 Å². The first kappa shape index (κ1) is 21.8. The molecule has 0 aliphatic rings. The summed E-state index contributed by atoms with van der Waals surface area (Å²) in [5.41, 5.74) is -5.41. The normalized spacial score (nSPS) is 13.3. The third kappa shape index (κ3) is 6.85. The summed E-state index contributed by atoms with van der Waals surface area (Å²) in [6.45, 7) is 4.08. The zero-order valence-corrected chi connectivity index (χ0v) is 15.2. The molecular formula is C15H19ClF3NO4S. The SMILES string of the molecule is CCOC(CN/C(=C/S(=O)(=O)C(F)(F)F)c1ccc(Cl)cc1)OCC. The molecule has 0 heterocycles. The van der Waals surface area contributed by atoms with Crippen LogP contribution in [0.15, 0.2) is 29.7 Å². The molecule has 0 aliphatic carbocycles. The average molecular weight is 402 g/mol. The van der Waals surface area contributed by atoms with Crippen molar-refractivity contribution in [2.24, 2.45) is 0 Å². The molecule has 0 aromatic heterocycles. The lowest BCUT2D eigenvalue weighted by Crippen LogP contribution is -2.31. The summed E-state index contributed by atoms with van der Waals surface area (Å²) >= 11 is 5.75. The summed E-state index contributed by atoms with van der Waals surface area (Å²) in [6.07, 6.45) is -0.737. The van der Waals surface area contributed by atoms with Gasteiger partial charge in [-0.15, -0.1) is 0 Å². The van der Waals surface area contributed by atoms with E-state index in [9.17, 15) is 21.6 Å². The summed E-state index contributed by atoms with van der Waals surface area (Å²) < 4.78 is 71.5. The minimum atomic E-state index is -5.47. The first-order valence-electron chi connectivity index (χ1n) is 7.36. The number of sulfone groups is 1. The summed E-state index contributed by atoms with van der Waals surface area (Å²) in [5.74, 6) is 0. The van der Waals surface area contributed by atoms with E-state index in [0.717, 1.165) is 0 Å². The predicted molar refractivity (Wildman–Crippen MR) is 89.4 cm³/mol. The lowest BCUT2D eigenvalue weighted by Gasteiger charge is -2.20. The van der Waals surface area contributed by atoms with Gasteiger partial charge < -0.3 is 14.8 Å². The Kier molecular flexibility index (Phi) is 8.20. The van der Waals surface area contributed by atoms with Crippen LogP contribution in [-0.2, 0) is 19.3 Å². The van der Waals surface area contributed by atoms with Gasteiger partial charge in [0.2, 0.25) is 0 Å². The standard InChI is InChI=1S/C15H19ClF3NO4S/c1-3-23-14(24-4-2)9-20-13(10-25(21,22)15(17,18)19)11-5-7-12(16)8-6-11/h5-8,10,14,20H,3-4,9H2,1-2H3/b13-10+. The summed E-state index contributed by atoms with van der Waals surface area (Å²) in [4.78, 5) is 0. The molecule has 0 amide bonds. The lowest BCUT2D eigenvalue weighted by atomic mass is 10.2. The van der Waals surface area contributed by atoms with E-state index >= 15 is 0 Å². The van der Waals surface area contributed by atoms with Gasteiger partial charge in [0, 0.05) is 18.2 Å². The van der Waals surface area contributed by atoms with Crippen molar-refractivity contribution in [3.8, 4) is 0 Å². The fourth-order valence-electron chi connectivity index (χ4n) is 1.79. The molecule has 0 fully saturated rings. The third-order valence-electron chi connectivity index (χ3n) is 2.92. The lowest BCUT2D eigenvalue weighted by molar-refractivity contribution is -0.131. The molecule has 25 heavy (non-hydrogen) atoms. The van der Waals surface area contributed by atoms with Crippen LogP contribution >= 0.6 is 11.6 Å². The molecule has 1 aromatic rings. The molecule has 10 heteroatoms. The van der Waals surface area contributed by atoms with E-state index in [2.05, 4.69) is 5.32 Å². The van der Waals surface area contributed by atoms with E-state index in [-0.39, 0.29) is 23.2 Å². The third-order valence-corrected chi connectivity index (χ3v) is 4.36. The van der Waals surface area contributed by atoms with Gasteiger partial charge in [0.1, 0.15) is 0 Å². The van der Waals surface area contributed by atoms with E-state index in [1.807, 2.05) is 0 Å². The first-order chi connectivity index (χ1) is 11.6. The van der Waals surface area contributed by atoms with Gasteiger partial charge in [-0.25, -0.2) is 8.42 Å². The number of ether oxygens (including phenoxy) is 2. The van der Waals surface area contributed by atoms with Crippen LogP contribution in [0.4, 0.5) is 13.2 Å². The van der Waals surface area contributed by atoms with Crippen molar-refractivity contribution < 1.29 is 31.1 Å². The highest BCUT2D eigenvalue weighted by Crippen LogP contribution is 2.27. The van der Waals surface area contributed by atoms with Crippen molar-refractivity contribution in [2.45, 2.75) is 25.6 Å². The van der Waals surface area contributed by atoms with Crippen LogP contribution in [0.1, 0.15) is 19.4 Å². The second-order valence-electron chi connectivity index (χ2n) is 4.75. The highest BCUT2D eigenvalue weighted by Gasteiger charge is 2.44. The van der Waals surface area contributed by atoms with Gasteiger partial charge >= 0.3 is 5.51 Å². The summed E-state index contributed by atoms with van der Waals surface area (Å²) in [6, 6.07) is 5.69. The highest BCUT2D eigenvalue weighted by molar-refractivity contribution is 7.95. The maximum absolute atomic E-state index is 12.7. The topological polar surface area (TPSA) is 64.6 Å². The monoisotopic (exact) mass is 401 g/mol. The molecule has 0 aliphatic heterocycles. The van der Waals surface area contributed by atoms with Crippen molar-refractivity contribution in [3.63, 3.8) is 0 Å². The molecule has 0 radical (unpaired) electrons. The molecule has 1 aromatic carbocycles. The average Bonchev–Trinajstić information content (AvgIpc) is 2.51. The maximum atomic E-state index is 12.7. The molecule has 0 saturated carbocycles. The predicted octanol–water partition coefficient (Wildman–Crippen LogP) is 3.56.